The lowest BCUT2D eigenvalue weighted by atomic mass is 9.88. The largest absolute Gasteiger partial charge is 0.390 e. The van der Waals surface area contributed by atoms with Crippen LogP contribution in [-0.2, 0) is 0 Å². The van der Waals surface area contributed by atoms with Crippen molar-refractivity contribution in [2.75, 3.05) is 26.2 Å². The Kier molecular flexibility index (Phi) is 6.09. The molecule has 18 heavy (non-hydrogen) atoms. The summed E-state index contributed by atoms with van der Waals surface area (Å²) in [6.07, 6.45) is 2.31. The minimum Gasteiger partial charge on any atom is -0.390 e. The average Bonchev–Trinajstić information content (AvgIpc) is 2.28. The molecule has 0 spiro atoms. The van der Waals surface area contributed by atoms with Crippen molar-refractivity contribution in [3.8, 4) is 0 Å². The summed E-state index contributed by atoms with van der Waals surface area (Å²) in [5.41, 5.74) is 0.250. The molecular formula is C15H32N2O. The van der Waals surface area contributed by atoms with Crippen LogP contribution in [0.4, 0.5) is 0 Å². The lowest BCUT2D eigenvalue weighted by Gasteiger charge is -2.33. The number of likely N-dealkylation sites (tertiary alicyclic amines) is 1. The Morgan fingerprint density at radius 3 is 2.33 bits per heavy atom. The van der Waals surface area contributed by atoms with E-state index in [0.717, 1.165) is 25.6 Å². The number of aliphatic hydroxyl groups is 1. The van der Waals surface area contributed by atoms with E-state index in [1.807, 2.05) is 0 Å². The van der Waals surface area contributed by atoms with Gasteiger partial charge in [-0.1, -0.05) is 27.7 Å². The second-order valence-electron chi connectivity index (χ2n) is 7.13. The Hall–Kier alpha value is -0.120. The van der Waals surface area contributed by atoms with Crippen LogP contribution >= 0.6 is 0 Å². The van der Waals surface area contributed by atoms with Crippen LogP contribution < -0.4 is 5.32 Å². The van der Waals surface area contributed by atoms with Crippen LogP contribution in [0.5, 0.6) is 0 Å². The fourth-order valence-corrected chi connectivity index (χ4v) is 2.23. The number of rotatable bonds is 5. The Bertz CT molecular complexity index is 229. The number of β-amino-alcohol motifs (C(OH)–C–C–N with tert-alkyl or cyclic N) is 1. The zero-order valence-corrected chi connectivity index (χ0v) is 12.9. The van der Waals surface area contributed by atoms with Gasteiger partial charge < -0.3 is 15.3 Å². The first-order valence-corrected chi connectivity index (χ1v) is 7.43. The van der Waals surface area contributed by atoms with Crippen molar-refractivity contribution >= 4 is 0 Å². The summed E-state index contributed by atoms with van der Waals surface area (Å²) in [5, 5.41) is 13.5. The van der Waals surface area contributed by atoms with Crippen LogP contribution in [0, 0.1) is 11.3 Å². The predicted molar refractivity (Wildman–Crippen MR) is 77.8 cm³/mol. The van der Waals surface area contributed by atoms with E-state index >= 15 is 0 Å². The van der Waals surface area contributed by atoms with Crippen LogP contribution in [0.1, 0.15) is 47.5 Å². The minimum absolute atomic E-state index is 0.247. The van der Waals surface area contributed by atoms with E-state index in [-0.39, 0.29) is 11.5 Å². The zero-order valence-electron chi connectivity index (χ0n) is 12.9. The second kappa shape index (κ2) is 6.88. The van der Waals surface area contributed by atoms with Gasteiger partial charge in [-0.15, -0.1) is 0 Å². The van der Waals surface area contributed by atoms with Crippen molar-refractivity contribution in [2.45, 2.75) is 59.6 Å². The molecule has 1 saturated heterocycles. The monoisotopic (exact) mass is 256 g/mol. The third kappa shape index (κ3) is 5.68. The maximum Gasteiger partial charge on any atom is 0.0791 e. The highest BCUT2D eigenvalue weighted by Crippen LogP contribution is 2.18. The van der Waals surface area contributed by atoms with E-state index < -0.39 is 0 Å². The van der Waals surface area contributed by atoms with Gasteiger partial charge in [-0.05, 0) is 44.2 Å². The lowest BCUT2D eigenvalue weighted by Crippen LogP contribution is -2.46. The number of nitrogens with zero attached hydrogens (tertiary/aromatic N) is 1. The van der Waals surface area contributed by atoms with Gasteiger partial charge in [0.1, 0.15) is 0 Å². The van der Waals surface area contributed by atoms with E-state index in [4.69, 9.17) is 0 Å². The molecule has 108 valence electrons. The smallest absolute Gasteiger partial charge is 0.0791 e. The molecule has 1 fully saturated rings. The Morgan fingerprint density at radius 1 is 1.28 bits per heavy atom. The fraction of sp³-hybridized carbons (Fsp3) is 1.00. The molecule has 1 aliphatic rings. The van der Waals surface area contributed by atoms with Crippen molar-refractivity contribution in [3.63, 3.8) is 0 Å². The molecule has 2 atom stereocenters. The topological polar surface area (TPSA) is 35.5 Å². The van der Waals surface area contributed by atoms with Crippen molar-refractivity contribution in [2.24, 2.45) is 11.3 Å². The molecule has 2 N–H and O–H groups in total. The third-order valence-corrected chi connectivity index (χ3v) is 4.30. The van der Waals surface area contributed by atoms with Crippen molar-refractivity contribution < 1.29 is 5.11 Å². The van der Waals surface area contributed by atoms with E-state index in [1.54, 1.807) is 0 Å². The predicted octanol–water partition coefficient (Wildman–Crippen LogP) is 2.10. The minimum atomic E-state index is -0.247. The van der Waals surface area contributed by atoms with Crippen LogP contribution in [-0.4, -0.2) is 48.3 Å². The summed E-state index contributed by atoms with van der Waals surface area (Å²) < 4.78 is 0. The molecule has 0 bridgehead atoms. The molecule has 1 heterocycles. The Morgan fingerprint density at radius 2 is 1.83 bits per heavy atom. The molecule has 0 saturated carbocycles. The Balaban J connectivity index is 2.19. The van der Waals surface area contributed by atoms with Gasteiger partial charge in [0.15, 0.2) is 0 Å². The van der Waals surface area contributed by atoms with Gasteiger partial charge in [0, 0.05) is 19.1 Å². The number of piperidine rings is 1. The van der Waals surface area contributed by atoms with Gasteiger partial charge in [-0.3, -0.25) is 0 Å². The van der Waals surface area contributed by atoms with Gasteiger partial charge in [-0.25, -0.2) is 0 Å². The van der Waals surface area contributed by atoms with Gasteiger partial charge in [0.2, 0.25) is 0 Å². The maximum atomic E-state index is 10.1. The highest BCUT2D eigenvalue weighted by molar-refractivity contribution is 4.79. The van der Waals surface area contributed by atoms with Gasteiger partial charge >= 0.3 is 0 Å². The zero-order chi connectivity index (χ0) is 13.8. The summed E-state index contributed by atoms with van der Waals surface area (Å²) in [4.78, 5) is 2.40. The quantitative estimate of drug-likeness (QED) is 0.791. The molecule has 1 aliphatic heterocycles. The first-order chi connectivity index (χ1) is 8.29. The second-order valence-corrected chi connectivity index (χ2v) is 7.13. The SMILES string of the molecule is CC1CCN(CC(O)CNC(C)C(C)(C)C)CC1. The van der Waals surface area contributed by atoms with E-state index in [9.17, 15) is 5.11 Å². The molecule has 0 aromatic heterocycles. The summed E-state index contributed by atoms with van der Waals surface area (Å²) in [6.45, 7) is 15.0. The molecule has 3 nitrogen and oxygen atoms in total. The van der Waals surface area contributed by atoms with E-state index in [1.165, 1.54) is 12.8 Å². The number of hydrogen-bond acceptors (Lipinski definition) is 3. The van der Waals surface area contributed by atoms with Crippen LogP contribution in [0.3, 0.4) is 0 Å². The summed E-state index contributed by atoms with van der Waals surface area (Å²) >= 11 is 0. The number of aliphatic hydroxyl groups excluding tert-OH is 1. The molecule has 0 aromatic rings. The molecule has 0 amide bonds. The number of hydrogen-bond donors (Lipinski definition) is 2. The first-order valence-electron chi connectivity index (χ1n) is 7.43. The normalized spacial score (nSPS) is 23.0. The molecule has 3 heteroatoms. The van der Waals surface area contributed by atoms with Gasteiger partial charge in [0.05, 0.1) is 6.10 Å². The highest BCUT2D eigenvalue weighted by atomic mass is 16.3. The maximum absolute atomic E-state index is 10.1. The fourth-order valence-electron chi connectivity index (χ4n) is 2.23. The summed E-state index contributed by atoms with van der Waals surface area (Å²) in [6, 6.07) is 0.425. The Labute approximate surface area is 113 Å². The average molecular weight is 256 g/mol. The van der Waals surface area contributed by atoms with E-state index in [2.05, 4.69) is 44.8 Å². The molecule has 2 unspecified atom stereocenters. The van der Waals surface area contributed by atoms with Crippen LogP contribution in [0.15, 0.2) is 0 Å². The lowest BCUT2D eigenvalue weighted by molar-refractivity contribution is 0.0855. The van der Waals surface area contributed by atoms with Gasteiger partial charge in [0.25, 0.3) is 0 Å². The van der Waals surface area contributed by atoms with Crippen molar-refractivity contribution in [1.29, 1.82) is 0 Å². The van der Waals surface area contributed by atoms with Crippen molar-refractivity contribution in [3.05, 3.63) is 0 Å². The number of nitrogens with one attached hydrogen (secondary N) is 1. The molecular weight excluding hydrogens is 224 g/mol. The van der Waals surface area contributed by atoms with Gasteiger partial charge in [-0.2, -0.15) is 0 Å². The third-order valence-electron chi connectivity index (χ3n) is 4.30. The summed E-state index contributed by atoms with van der Waals surface area (Å²) in [5.74, 6) is 0.859. The van der Waals surface area contributed by atoms with Crippen molar-refractivity contribution in [1.82, 2.24) is 10.2 Å². The van der Waals surface area contributed by atoms with Crippen LogP contribution in [0.2, 0.25) is 0 Å². The molecule has 0 aliphatic carbocycles. The molecule has 0 radical (unpaired) electrons. The van der Waals surface area contributed by atoms with E-state index in [0.29, 0.717) is 12.6 Å². The molecule has 0 aromatic carbocycles. The summed E-state index contributed by atoms with van der Waals surface area (Å²) in [7, 11) is 0. The first kappa shape index (κ1) is 15.9. The molecule has 1 rings (SSSR count). The van der Waals surface area contributed by atoms with Crippen LogP contribution in [0.25, 0.3) is 0 Å². The standard InChI is InChI=1S/C15H32N2O/c1-12-6-8-17(9-7-12)11-14(18)10-16-13(2)15(3,4)5/h12-14,16,18H,6-11H2,1-5H3. The highest BCUT2D eigenvalue weighted by Gasteiger charge is 2.22.